The van der Waals surface area contributed by atoms with E-state index in [4.69, 9.17) is 109 Å². The smallest absolute Gasteiger partial charge is 0.341 e. The molecule has 0 atom stereocenters. The number of aromatic carboxylic acids is 2. The highest BCUT2D eigenvalue weighted by Gasteiger charge is 2.27. The molecule has 6 aromatic heterocycles. The summed E-state index contributed by atoms with van der Waals surface area (Å²) in [6, 6.07) is 35.9. The molecule has 6 aliphatic rings. The van der Waals surface area contributed by atoms with Crippen LogP contribution < -0.4 is 53.6 Å². The van der Waals surface area contributed by atoms with Gasteiger partial charge in [0.25, 0.3) is 11.8 Å². The first-order valence-electron chi connectivity index (χ1n) is 36.6. The number of primary amides is 2. The van der Waals surface area contributed by atoms with Crippen molar-refractivity contribution in [2.24, 2.45) is 11.5 Å². The van der Waals surface area contributed by atoms with Gasteiger partial charge in [0.2, 0.25) is 11.8 Å². The number of carboxylic acid groups (broad SMARTS) is 2. The summed E-state index contributed by atoms with van der Waals surface area (Å²) in [7, 11) is 2.62. The van der Waals surface area contributed by atoms with E-state index in [1.54, 1.807) is 50.2 Å². The number of benzene rings is 2. The quantitative estimate of drug-likeness (QED) is 0.0217. The minimum Gasteiger partial charge on any atom is -0.478 e. The Morgan fingerprint density at radius 3 is 1.03 bits per heavy atom. The number of nitrogens with two attached hydrogens (primary N) is 3. The number of amides is 4. The number of carbonyl (C=O) groups excluding carboxylic acids is 6. The largest absolute Gasteiger partial charge is 0.478 e. The van der Waals surface area contributed by atoms with Crippen LogP contribution in [-0.4, -0.2) is 188 Å². The highest BCUT2D eigenvalue weighted by molar-refractivity contribution is 6.35. The number of pyridine rings is 6. The van der Waals surface area contributed by atoms with Crippen molar-refractivity contribution < 1.29 is 58.0 Å². The molecule has 13 N–H and O–H groups in total. The molecule has 37 heteroatoms. The fraction of sp³-hybridized carbons (Fsp3) is 0.359. The number of ether oxygens (including phenoxy) is 2. The third-order valence-electron chi connectivity index (χ3n) is 18.9. The lowest BCUT2D eigenvalue weighted by molar-refractivity contribution is -0.129. The van der Waals surface area contributed by atoms with Gasteiger partial charge in [-0.3, -0.25) is 19.2 Å². The van der Waals surface area contributed by atoms with E-state index >= 15 is 0 Å². The first-order valence-corrected chi connectivity index (χ1v) is 39.3. The van der Waals surface area contributed by atoms with Crippen LogP contribution in [0.4, 0.5) is 51.8 Å². The van der Waals surface area contributed by atoms with Gasteiger partial charge < -0.3 is 83.1 Å². The number of carbonyl (C=O) groups is 8. The standard InChI is InChI=1S/C22H28N6O2.C12H17N3O.C11H13ClN2O2.C10H12ClN3O.C10H11ClN2O2.C7H5Cl2NO2.C6H3Cl2NO2/c1-15(29)27-11-13-28(14-12-27)18-7-5-17(6-8-18)24-20-10-9-19(21(23)30)22(26-20)25-16-3-2-4-16;1-10(16)14-6-8-15(9-7-14)12-4-2-11(13)3-5-12;1-16-11(15)8-5-6-9(12)14-10(8)13-7-3-2-4-7;11-8-5-4-7(9(12)15)10(14-8)13-6-2-1-3-6;11-8-5-4-7(10(14)15)9(13-8)12-6-2-1-3-6;1-12-7(11)4-2-3-5(8)10-6(4)9;7-4-2-1-3(6(10)11)5(8)9-4/h5-10,16H,2-4,11-14H2,1H3,(H2,23,30)(H2,24,25,26);2-5H,6-9,13H2,1H3;5-7H,2-4H2,1H3,(H,13,14);4-6H,1-3H2,(H2,12,15)(H,13,14);4-6H,1-3H2,(H,12,13)(H,14,15);2-3H,1H3;1-2H,(H,10,11). The second-order valence-electron chi connectivity index (χ2n) is 26.8. The van der Waals surface area contributed by atoms with E-state index in [0.717, 1.165) is 121 Å². The summed E-state index contributed by atoms with van der Waals surface area (Å²) in [6.07, 6.45) is 13.5. The monoisotopic (exact) mass is 1710 g/mol. The Labute approximate surface area is 699 Å². The third-order valence-corrected chi connectivity index (χ3v) is 20.5. The molecule has 4 saturated carbocycles. The lowest BCUT2D eigenvalue weighted by Gasteiger charge is -2.35. The molecule has 8 heterocycles. The Bertz CT molecular complexity index is 4610. The molecule has 2 aliphatic heterocycles. The topological polar surface area (TPSA) is 424 Å². The molecule has 612 valence electrons. The van der Waals surface area contributed by atoms with Crippen LogP contribution in [0.15, 0.2) is 121 Å². The summed E-state index contributed by atoms with van der Waals surface area (Å²) in [5.74, 6) is -1.10. The molecule has 115 heavy (non-hydrogen) atoms. The fourth-order valence-corrected chi connectivity index (χ4v) is 12.8. The first kappa shape index (κ1) is 90.1. The fourth-order valence-electron chi connectivity index (χ4n) is 11.5. The number of nitrogens with one attached hydrogen (secondary N) is 5. The predicted octanol–water partition coefficient (Wildman–Crippen LogP) is 14.4. The molecule has 8 aromatic rings. The predicted molar refractivity (Wildman–Crippen MR) is 449 cm³/mol. The zero-order chi connectivity index (χ0) is 83.4. The molecule has 2 saturated heterocycles. The molecular weight excluding hydrogens is 1630 g/mol. The SMILES string of the molecule is CC(=O)N1CCN(c2ccc(N)cc2)CC1.CC(=O)N1CCN(c2ccc(Nc3ccc(C(N)=O)c(NC4CCC4)n3)cc2)CC1.COC(=O)c1ccc(Cl)nc1Cl.COC(=O)c1ccc(Cl)nc1NC1CCC1.NC(=O)c1ccc(Cl)nc1NC1CCC1.O=C(O)c1ccc(Cl)nc1Cl.O=C(O)c1ccc(Cl)nc1NC1CCC1. The summed E-state index contributed by atoms with van der Waals surface area (Å²) in [4.78, 5) is 122. The number of halogens is 7. The number of methoxy groups -OCH3 is 2. The Hall–Kier alpha value is -10.5. The average Bonchev–Trinajstić information content (AvgIpc) is 0.861. The molecular formula is C78H89Cl7N18O12. The number of nitrogen functional groups attached to an aromatic ring is 1. The van der Waals surface area contributed by atoms with Crippen LogP contribution in [0.25, 0.3) is 0 Å². The summed E-state index contributed by atoms with van der Waals surface area (Å²) in [5, 5.41) is 34.9. The van der Waals surface area contributed by atoms with Crippen molar-refractivity contribution in [3.63, 3.8) is 0 Å². The van der Waals surface area contributed by atoms with E-state index in [2.05, 4.69) is 87.9 Å². The number of aromatic nitrogens is 6. The normalized spacial score (nSPS) is 14.8. The van der Waals surface area contributed by atoms with Crippen LogP contribution in [-0.2, 0) is 19.1 Å². The van der Waals surface area contributed by atoms with Gasteiger partial charge in [-0.2, -0.15) is 0 Å². The molecule has 4 amide bonds. The number of esters is 2. The second-order valence-corrected chi connectivity index (χ2v) is 29.4. The van der Waals surface area contributed by atoms with Gasteiger partial charge in [-0.05, 0) is 198 Å². The van der Waals surface area contributed by atoms with Crippen LogP contribution in [0, 0.1) is 0 Å². The van der Waals surface area contributed by atoms with Crippen molar-refractivity contribution in [1.82, 2.24) is 39.7 Å². The molecule has 2 aromatic carbocycles. The van der Waals surface area contributed by atoms with Gasteiger partial charge in [0.05, 0.1) is 36.5 Å². The highest BCUT2D eigenvalue weighted by atomic mass is 35.5. The van der Waals surface area contributed by atoms with Crippen molar-refractivity contribution in [2.75, 3.05) is 109 Å². The molecule has 30 nitrogen and oxygen atoms in total. The van der Waals surface area contributed by atoms with E-state index in [9.17, 15) is 38.4 Å². The Morgan fingerprint density at radius 2 is 0.687 bits per heavy atom. The summed E-state index contributed by atoms with van der Waals surface area (Å²) >= 11 is 39.3. The number of carboxylic acids is 2. The van der Waals surface area contributed by atoms with Crippen LogP contribution >= 0.6 is 81.2 Å². The summed E-state index contributed by atoms with van der Waals surface area (Å²) < 4.78 is 9.14. The summed E-state index contributed by atoms with van der Waals surface area (Å²) in [6.45, 7) is 9.81. The van der Waals surface area contributed by atoms with Gasteiger partial charge in [0.15, 0.2) is 0 Å². The van der Waals surface area contributed by atoms with E-state index < -0.39 is 35.7 Å². The van der Waals surface area contributed by atoms with Crippen LogP contribution in [0.2, 0.25) is 36.1 Å². The minimum atomic E-state index is -1.11. The third kappa shape index (κ3) is 27.9. The van der Waals surface area contributed by atoms with Gasteiger partial charge in [0, 0.05) is 113 Å². The zero-order valence-corrected chi connectivity index (χ0v) is 68.6. The Kier molecular flexibility index (Phi) is 34.8. The Morgan fingerprint density at radius 1 is 0.383 bits per heavy atom. The van der Waals surface area contributed by atoms with Gasteiger partial charge in [-0.25, -0.2) is 49.1 Å². The van der Waals surface area contributed by atoms with Gasteiger partial charge in [-0.1, -0.05) is 81.2 Å². The van der Waals surface area contributed by atoms with Crippen molar-refractivity contribution in [3.8, 4) is 0 Å². The molecule has 0 unspecified atom stereocenters. The van der Waals surface area contributed by atoms with Gasteiger partial charge in [0.1, 0.15) is 76.3 Å². The van der Waals surface area contributed by atoms with Crippen molar-refractivity contribution >= 4 is 181 Å². The molecule has 4 aliphatic carbocycles. The van der Waals surface area contributed by atoms with Crippen LogP contribution in [0.3, 0.4) is 0 Å². The van der Waals surface area contributed by atoms with E-state index in [-0.39, 0.29) is 49.1 Å². The maximum atomic E-state index is 11.7. The molecule has 0 spiro atoms. The van der Waals surface area contributed by atoms with Crippen molar-refractivity contribution in [1.29, 1.82) is 0 Å². The van der Waals surface area contributed by atoms with Crippen molar-refractivity contribution in [3.05, 3.63) is 191 Å². The second kappa shape index (κ2) is 44.4. The van der Waals surface area contributed by atoms with Crippen LogP contribution in [0.1, 0.15) is 153 Å². The lowest BCUT2D eigenvalue weighted by atomic mass is 9.93. The van der Waals surface area contributed by atoms with Crippen molar-refractivity contribution in [2.45, 2.75) is 115 Å². The maximum Gasteiger partial charge on any atom is 0.341 e. The highest BCUT2D eigenvalue weighted by Crippen LogP contribution is 2.32. The molecule has 14 rings (SSSR count). The average molecular weight is 1720 g/mol. The van der Waals surface area contributed by atoms with E-state index in [1.165, 1.54) is 82.0 Å². The summed E-state index contributed by atoms with van der Waals surface area (Å²) in [5.41, 5.74) is 22.0. The molecule has 0 bridgehead atoms. The zero-order valence-electron chi connectivity index (χ0n) is 63.3. The number of nitrogens with zero attached hydrogens (tertiary/aromatic N) is 10. The van der Waals surface area contributed by atoms with Crippen LogP contribution in [0.5, 0.6) is 0 Å². The number of rotatable bonds is 18. The lowest BCUT2D eigenvalue weighted by Crippen LogP contribution is -2.48. The number of piperazine rings is 2. The Balaban J connectivity index is 0.000000173. The number of anilines is 9. The van der Waals surface area contributed by atoms with E-state index in [1.807, 2.05) is 46.2 Å². The molecule has 0 radical (unpaired) electrons. The van der Waals surface area contributed by atoms with Gasteiger partial charge in [-0.15, -0.1) is 0 Å². The van der Waals surface area contributed by atoms with E-state index in [0.29, 0.717) is 85.4 Å². The minimum absolute atomic E-state index is 0.0453. The maximum absolute atomic E-state index is 11.7. The first-order chi connectivity index (χ1) is 54.9. The molecule has 6 fully saturated rings. The number of hydrogen-bond acceptors (Lipinski definition) is 24. The van der Waals surface area contributed by atoms with Gasteiger partial charge >= 0.3 is 23.9 Å². The number of hydrogen-bond donors (Lipinski definition) is 10.